The zero-order chi connectivity index (χ0) is 33.6. The van der Waals surface area contributed by atoms with E-state index in [0.29, 0.717) is 45.6 Å². The number of nitrogens with one attached hydrogen (secondary N) is 1. The van der Waals surface area contributed by atoms with Crippen LogP contribution in [0.1, 0.15) is 91.4 Å². The first-order valence-corrected chi connectivity index (χ1v) is 15.2. The Hall–Kier alpha value is -4.30. The smallest absolute Gasteiger partial charge is 0.337 e. The summed E-state index contributed by atoms with van der Waals surface area (Å²) < 4.78 is 21.8. The van der Waals surface area contributed by atoms with Crippen molar-refractivity contribution in [3.8, 4) is 11.1 Å². The normalized spacial score (nSPS) is 12.6. The van der Waals surface area contributed by atoms with Gasteiger partial charge in [0.2, 0.25) is 0 Å². The minimum Gasteiger partial charge on any atom is -0.479 e. The van der Waals surface area contributed by atoms with E-state index in [1.165, 1.54) is 6.07 Å². The number of rotatable bonds is 13. The van der Waals surface area contributed by atoms with E-state index in [0.717, 1.165) is 29.5 Å². The van der Waals surface area contributed by atoms with Crippen LogP contribution in [0.2, 0.25) is 0 Å². The number of aliphatic carboxylic acids is 1. The third kappa shape index (κ3) is 8.45. The number of nitrogens with zero attached hydrogens (tertiary/aromatic N) is 2. The highest BCUT2D eigenvalue weighted by molar-refractivity contribution is 6.03. The third-order valence-electron chi connectivity index (χ3n) is 7.76. The predicted octanol–water partition coefficient (Wildman–Crippen LogP) is 7.89. The summed E-state index contributed by atoms with van der Waals surface area (Å²) in [6.07, 6.45) is 5.97. The van der Waals surface area contributed by atoms with Gasteiger partial charge in [0.15, 0.2) is 11.7 Å². The molecule has 2 heterocycles. The van der Waals surface area contributed by atoms with Crippen molar-refractivity contribution >= 4 is 18.0 Å². The second kappa shape index (κ2) is 14.7. The summed E-state index contributed by atoms with van der Waals surface area (Å²) in [6, 6.07) is 5.07. The number of carboxylic acid groups (broad SMARTS) is 1. The van der Waals surface area contributed by atoms with Crippen molar-refractivity contribution in [2.24, 2.45) is 0 Å². The number of pyridine rings is 2. The Labute approximate surface area is 266 Å². The lowest BCUT2D eigenvalue weighted by Gasteiger charge is -2.27. The molecule has 0 saturated carbocycles. The fraction of sp³-hybridized carbons (Fsp3) is 0.378. The van der Waals surface area contributed by atoms with Gasteiger partial charge >= 0.3 is 5.97 Å². The fourth-order valence-corrected chi connectivity index (χ4v) is 5.44. The van der Waals surface area contributed by atoms with Crippen molar-refractivity contribution in [1.82, 2.24) is 15.3 Å². The molecule has 0 fully saturated rings. The minimum absolute atomic E-state index is 0.270. The van der Waals surface area contributed by atoms with Crippen LogP contribution < -0.4 is 5.32 Å². The highest BCUT2D eigenvalue weighted by Gasteiger charge is 2.36. The minimum atomic E-state index is -1.47. The Balaban J connectivity index is 2.43. The average Bonchev–Trinajstić information content (AvgIpc) is 2.96. The van der Waals surface area contributed by atoms with Gasteiger partial charge in [0.05, 0.1) is 6.92 Å². The second-order valence-electron chi connectivity index (χ2n) is 12.2. The second-order valence-corrected chi connectivity index (χ2v) is 12.2. The Morgan fingerprint density at radius 3 is 2.36 bits per heavy atom. The van der Waals surface area contributed by atoms with Crippen LogP contribution in [-0.4, -0.2) is 32.6 Å². The maximum atomic E-state index is 15.7. The van der Waals surface area contributed by atoms with E-state index in [1.807, 2.05) is 19.1 Å². The van der Waals surface area contributed by atoms with Gasteiger partial charge in [-0.2, -0.15) is 0 Å². The van der Waals surface area contributed by atoms with Gasteiger partial charge in [-0.1, -0.05) is 19.9 Å². The molecular weight excluding hydrogens is 569 g/mol. The van der Waals surface area contributed by atoms with E-state index in [2.05, 4.69) is 30.7 Å². The summed E-state index contributed by atoms with van der Waals surface area (Å²) in [4.78, 5) is 35.2. The van der Waals surface area contributed by atoms with E-state index >= 15 is 4.39 Å². The summed E-state index contributed by atoms with van der Waals surface area (Å²) in [5.74, 6) is -1.99. The molecule has 0 aliphatic heterocycles. The number of benzene rings is 1. The van der Waals surface area contributed by atoms with Crippen molar-refractivity contribution in [1.29, 1.82) is 0 Å². The third-order valence-corrected chi connectivity index (χ3v) is 7.76. The molecular formula is C37H45FN3O4+. The van der Waals surface area contributed by atoms with Gasteiger partial charge in [0, 0.05) is 60.9 Å². The quantitative estimate of drug-likeness (QED) is 0.115. The van der Waals surface area contributed by atoms with Crippen LogP contribution >= 0.6 is 0 Å². The van der Waals surface area contributed by atoms with E-state index in [4.69, 9.17) is 9.72 Å². The molecule has 1 aromatic carbocycles. The van der Waals surface area contributed by atoms with Gasteiger partial charge in [-0.3, -0.25) is 14.8 Å². The van der Waals surface area contributed by atoms with Gasteiger partial charge in [0.1, 0.15) is 5.82 Å². The summed E-state index contributed by atoms with van der Waals surface area (Å²) in [5.41, 5.74) is 5.56. The first-order chi connectivity index (χ1) is 21.1. The molecule has 0 saturated heterocycles. The van der Waals surface area contributed by atoms with Gasteiger partial charge in [-0.25, -0.2) is 9.18 Å². The number of halogens is 1. The maximum absolute atomic E-state index is 15.7. The lowest BCUT2D eigenvalue weighted by atomic mass is 9.83. The monoisotopic (exact) mass is 614 g/mol. The van der Waals surface area contributed by atoms with Crippen LogP contribution in [0.4, 0.5) is 4.39 Å². The average molecular weight is 615 g/mol. The SMILES string of the molecule is C=C(C)/C(=C\c1c(C)nc(C)c(C(OC([CH2+])(C)C)C(=O)O)c1-c1cc(F)c(C)c(CCCC)c1C)C(=O)NCc1ccncc1. The molecule has 0 aliphatic rings. The van der Waals surface area contributed by atoms with E-state index in [1.54, 1.807) is 60.0 Å². The topological polar surface area (TPSA) is 101 Å². The van der Waals surface area contributed by atoms with E-state index < -0.39 is 23.5 Å². The lowest BCUT2D eigenvalue weighted by Crippen LogP contribution is -2.29. The molecule has 3 aromatic rings. The molecule has 238 valence electrons. The van der Waals surface area contributed by atoms with Crippen LogP contribution in [0, 0.1) is 40.4 Å². The highest BCUT2D eigenvalue weighted by Crippen LogP contribution is 2.42. The molecule has 0 bridgehead atoms. The highest BCUT2D eigenvalue weighted by atomic mass is 19.1. The number of carbonyl (C=O) groups is 2. The zero-order valence-electron chi connectivity index (χ0n) is 27.7. The molecule has 7 nitrogen and oxygen atoms in total. The molecule has 1 amide bonds. The van der Waals surface area contributed by atoms with Gasteiger partial charge in [0.25, 0.3) is 5.91 Å². The van der Waals surface area contributed by atoms with Crippen molar-refractivity contribution < 1.29 is 23.8 Å². The number of carboxylic acids is 1. The number of aryl methyl sites for hydroxylation is 2. The predicted molar refractivity (Wildman–Crippen MR) is 177 cm³/mol. The first kappa shape index (κ1) is 35.2. The van der Waals surface area contributed by atoms with Crippen LogP contribution in [-0.2, 0) is 27.3 Å². The molecule has 1 atom stereocenters. The Morgan fingerprint density at radius 2 is 1.80 bits per heavy atom. The number of hydrogen-bond acceptors (Lipinski definition) is 5. The summed E-state index contributed by atoms with van der Waals surface area (Å²) >= 11 is 0. The Morgan fingerprint density at radius 1 is 1.16 bits per heavy atom. The van der Waals surface area contributed by atoms with Crippen molar-refractivity contribution in [2.75, 3.05) is 0 Å². The number of hydrogen-bond donors (Lipinski definition) is 2. The van der Waals surface area contributed by atoms with Gasteiger partial charge in [-0.15, -0.1) is 0 Å². The number of ether oxygens (including phenoxy) is 1. The largest absolute Gasteiger partial charge is 0.479 e. The fourth-order valence-electron chi connectivity index (χ4n) is 5.44. The molecule has 1 unspecified atom stereocenters. The summed E-state index contributed by atoms with van der Waals surface area (Å²) in [7, 11) is 0. The van der Waals surface area contributed by atoms with E-state index in [-0.39, 0.29) is 23.6 Å². The Bertz CT molecular complexity index is 1620. The van der Waals surface area contributed by atoms with Crippen LogP contribution in [0.15, 0.2) is 48.3 Å². The maximum Gasteiger partial charge on any atom is 0.337 e. The molecule has 8 heteroatoms. The number of aromatic nitrogens is 2. The molecule has 0 radical (unpaired) electrons. The van der Waals surface area contributed by atoms with Gasteiger partial charge < -0.3 is 15.2 Å². The van der Waals surface area contributed by atoms with Crippen molar-refractivity contribution in [3.05, 3.63) is 106 Å². The van der Waals surface area contributed by atoms with Gasteiger partial charge in [-0.05, 0) is 111 Å². The Kier molecular flexibility index (Phi) is 11.5. The first-order valence-electron chi connectivity index (χ1n) is 15.2. The molecule has 0 aliphatic carbocycles. The number of carbonyl (C=O) groups excluding carboxylic acids is 1. The lowest BCUT2D eigenvalue weighted by molar-refractivity contribution is -0.158. The molecule has 2 N–H and O–H groups in total. The van der Waals surface area contributed by atoms with Crippen molar-refractivity contribution in [3.63, 3.8) is 0 Å². The standard InChI is InChI=1S/C37H44FN3O4/c1-11-12-13-27-22(4)29(19-31(38)23(27)5)33-30(18-28(21(2)3)35(42)40-20-26-14-16-39-17-15-26)24(6)41-25(7)32(33)34(36(43)44)45-37(8,9)10/h14-19,34H,2,8,11-13,20H2,1,3-7,9-10H3,(H-,40,42,43,44)/p+1/b28-18+. The summed E-state index contributed by atoms with van der Waals surface area (Å²) in [5, 5.41) is 13.4. The molecule has 0 spiro atoms. The molecule has 45 heavy (non-hydrogen) atoms. The van der Waals surface area contributed by atoms with Crippen LogP contribution in [0.25, 0.3) is 17.2 Å². The zero-order valence-corrected chi connectivity index (χ0v) is 27.7. The molecule has 2 aromatic heterocycles. The van der Waals surface area contributed by atoms with E-state index in [9.17, 15) is 14.7 Å². The number of amides is 1. The molecule has 3 rings (SSSR count). The van der Waals surface area contributed by atoms with Crippen LogP contribution in [0.5, 0.6) is 0 Å². The number of unbranched alkanes of at least 4 members (excludes halogenated alkanes) is 1. The van der Waals surface area contributed by atoms with Crippen molar-refractivity contribution in [2.45, 2.75) is 92.9 Å². The van der Waals surface area contributed by atoms with Crippen LogP contribution in [0.3, 0.4) is 0 Å². The summed E-state index contributed by atoms with van der Waals surface area (Å²) in [6.45, 7) is 22.7.